The van der Waals surface area contributed by atoms with Crippen LogP contribution in [0.1, 0.15) is 31.7 Å². The van der Waals surface area contributed by atoms with Gasteiger partial charge in [-0.15, -0.1) is 0 Å². The molecule has 0 bridgehead atoms. The fraction of sp³-hybridized carbons (Fsp3) is 0.583. The third kappa shape index (κ3) is 1.84. The first-order chi connectivity index (χ1) is 7.20. The molecule has 0 amide bonds. The summed E-state index contributed by atoms with van der Waals surface area (Å²) in [6.07, 6.45) is 6.35. The van der Waals surface area contributed by atoms with E-state index in [1.54, 1.807) is 19.5 Å². The largest absolute Gasteiger partial charge is 0.495 e. The number of aliphatic hydroxyl groups is 1. The number of aromatic nitrogens is 1. The van der Waals surface area contributed by atoms with E-state index in [0.29, 0.717) is 11.7 Å². The van der Waals surface area contributed by atoms with E-state index in [1.165, 1.54) is 0 Å². The molecule has 1 aromatic heterocycles. The van der Waals surface area contributed by atoms with Gasteiger partial charge in [0.15, 0.2) is 0 Å². The molecule has 1 fully saturated rings. The molecule has 1 atom stereocenters. The first kappa shape index (κ1) is 10.4. The quantitative estimate of drug-likeness (QED) is 0.822. The van der Waals surface area contributed by atoms with Gasteiger partial charge in [0.05, 0.1) is 18.9 Å². The first-order valence-electron chi connectivity index (χ1n) is 5.42. The van der Waals surface area contributed by atoms with Gasteiger partial charge in [0, 0.05) is 11.8 Å². The van der Waals surface area contributed by atoms with Crippen molar-refractivity contribution in [3.8, 4) is 5.75 Å². The van der Waals surface area contributed by atoms with Gasteiger partial charge in [-0.2, -0.15) is 0 Å². The Bertz CT molecular complexity index is 349. The Labute approximate surface area is 90.1 Å². The van der Waals surface area contributed by atoms with E-state index in [-0.39, 0.29) is 0 Å². The zero-order chi connectivity index (χ0) is 10.9. The minimum absolute atomic E-state index is 0.399. The number of methoxy groups -OCH3 is 1. The van der Waals surface area contributed by atoms with Gasteiger partial charge >= 0.3 is 0 Å². The first-order valence-corrected chi connectivity index (χ1v) is 5.42. The lowest BCUT2D eigenvalue weighted by Gasteiger charge is -2.27. The van der Waals surface area contributed by atoms with Crippen molar-refractivity contribution in [2.75, 3.05) is 7.11 Å². The van der Waals surface area contributed by atoms with Crippen molar-refractivity contribution in [2.45, 2.75) is 31.8 Å². The monoisotopic (exact) mass is 207 g/mol. The normalized spacial score (nSPS) is 19.7. The Morgan fingerprint density at radius 2 is 2.27 bits per heavy atom. The molecule has 0 spiro atoms. The number of rotatable bonds is 4. The molecule has 2 rings (SSSR count). The summed E-state index contributed by atoms with van der Waals surface area (Å²) in [6, 6.07) is 1.88. The van der Waals surface area contributed by atoms with Crippen molar-refractivity contribution in [2.24, 2.45) is 5.92 Å². The molecule has 1 aliphatic rings. The summed E-state index contributed by atoms with van der Waals surface area (Å²) in [5.41, 5.74) is 0.175. The van der Waals surface area contributed by atoms with Crippen molar-refractivity contribution >= 4 is 0 Å². The van der Waals surface area contributed by atoms with Crippen LogP contribution >= 0.6 is 0 Å². The van der Waals surface area contributed by atoms with E-state index in [2.05, 4.69) is 4.98 Å². The fourth-order valence-corrected chi connectivity index (χ4v) is 2.06. The molecular formula is C12H17NO2. The molecule has 1 unspecified atom stereocenters. The van der Waals surface area contributed by atoms with Crippen LogP contribution in [-0.2, 0) is 5.60 Å². The minimum Gasteiger partial charge on any atom is -0.495 e. The molecule has 0 radical (unpaired) electrons. The smallest absolute Gasteiger partial charge is 0.137 e. The van der Waals surface area contributed by atoms with Gasteiger partial charge in [-0.05, 0) is 31.2 Å². The summed E-state index contributed by atoms with van der Waals surface area (Å²) in [5, 5.41) is 10.6. The van der Waals surface area contributed by atoms with Gasteiger partial charge in [-0.1, -0.05) is 6.92 Å². The van der Waals surface area contributed by atoms with Crippen molar-refractivity contribution in [3.63, 3.8) is 0 Å². The van der Waals surface area contributed by atoms with E-state index >= 15 is 0 Å². The lowest BCUT2D eigenvalue weighted by atomic mass is 9.87. The van der Waals surface area contributed by atoms with Crippen LogP contribution < -0.4 is 4.74 Å². The van der Waals surface area contributed by atoms with Gasteiger partial charge < -0.3 is 9.84 Å². The highest BCUT2D eigenvalue weighted by Gasteiger charge is 2.43. The molecule has 3 nitrogen and oxygen atoms in total. The fourth-order valence-electron chi connectivity index (χ4n) is 2.06. The van der Waals surface area contributed by atoms with Crippen molar-refractivity contribution in [1.82, 2.24) is 4.98 Å². The molecule has 0 aromatic carbocycles. The Morgan fingerprint density at radius 3 is 2.80 bits per heavy atom. The predicted octanol–water partition coefficient (Wildman–Crippen LogP) is 2.10. The van der Waals surface area contributed by atoms with Crippen LogP contribution in [0.3, 0.4) is 0 Å². The van der Waals surface area contributed by atoms with Crippen LogP contribution in [-0.4, -0.2) is 17.2 Å². The van der Waals surface area contributed by atoms with E-state index < -0.39 is 5.60 Å². The van der Waals surface area contributed by atoms with Crippen LogP contribution in [0.2, 0.25) is 0 Å². The summed E-state index contributed by atoms with van der Waals surface area (Å²) in [5.74, 6) is 1.11. The van der Waals surface area contributed by atoms with Gasteiger partial charge in [0.1, 0.15) is 5.75 Å². The second kappa shape index (κ2) is 3.81. The van der Waals surface area contributed by atoms with E-state index in [0.717, 1.165) is 24.8 Å². The molecule has 1 saturated carbocycles. The van der Waals surface area contributed by atoms with Crippen LogP contribution in [0.15, 0.2) is 18.5 Å². The highest BCUT2D eigenvalue weighted by Crippen LogP contribution is 2.47. The summed E-state index contributed by atoms with van der Waals surface area (Å²) in [7, 11) is 1.61. The third-order valence-electron chi connectivity index (χ3n) is 3.24. The Hall–Kier alpha value is -1.09. The molecule has 82 valence electrons. The lowest BCUT2D eigenvalue weighted by molar-refractivity contribution is 0.00839. The van der Waals surface area contributed by atoms with Gasteiger partial charge in [-0.25, -0.2) is 0 Å². The van der Waals surface area contributed by atoms with E-state index in [9.17, 15) is 5.11 Å². The Kier molecular flexibility index (Phi) is 2.65. The molecule has 1 heterocycles. The Morgan fingerprint density at radius 1 is 1.53 bits per heavy atom. The Balaban J connectivity index is 2.33. The van der Waals surface area contributed by atoms with Crippen LogP contribution in [0.5, 0.6) is 5.75 Å². The van der Waals surface area contributed by atoms with Crippen molar-refractivity contribution in [3.05, 3.63) is 24.0 Å². The minimum atomic E-state index is -0.707. The number of pyridine rings is 1. The summed E-state index contributed by atoms with van der Waals surface area (Å²) in [6.45, 7) is 2.01. The van der Waals surface area contributed by atoms with Crippen LogP contribution in [0.4, 0.5) is 0 Å². The van der Waals surface area contributed by atoms with E-state index in [1.807, 2.05) is 13.0 Å². The SMILES string of the molecule is CCC(O)(c1cncc(OC)c1)C1CC1. The maximum absolute atomic E-state index is 10.6. The number of hydrogen-bond donors (Lipinski definition) is 1. The lowest BCUT2D eigenvalue weighted by Crippen LogP contribution is -2.27. The van der Waals surface area contributed by atoms with Crippen LogP contribution in [0.25, 0.3) is 0 Å². The summed E-state index contributed by atoms with van der Waals surface area (Å²) >= 11 is 0. The van der Waals surface area contributed by atoms with Gasteiger partial charge in [-0.3, -0.25) is 4.98 Å². The van der Waals surface area contributed by atoms with E-state index in [4.69, 9.17) is 4.74 Å². The number of ether oxygens (including phenoxy) is 1. The predicted molar refractivity (Wildman–Crippen MR) is 57.7 cm³/mol. The van der Waals surface area contributed by atoms with Crippen molar-refractivity contribution in [1.29, 1.82) is 0 Å². The molecule has 0 saturated heterocycles. The second-order valence-electron chi connectivity index (χ2n) is 4.17. The highest BCUT2D eigenvalue weighted by atomic mass is 16.5. The average Bonchev–Trinajstić information content (AvgIpc) is 3.12. The third-order valence-corrected chi connectivity index (χ3v) is 3.24. The molecule has 15 heavy (non-hydrogen) atoms. The number of nitrogens with zero attached hydrogens (tertiary/aromatic N) is 1. The van der Waals surface area contributed by atoms with Crippen LogP contribution in [0, 0.1) is 5.92 Å². The summed E-state index contributed by atoms with van der Waals surface area (Å²) in [4.78, 5) is 4.09. The molecule has 1 aliphatic carbocycles. The molecular weight excluding hydrogens is 190 g/mol. The zero-order valence-electron chi connectivity index (χ0n) is 9.23. The molecule has 1 N–H and O–H groups in total. The standard InChI is InChI=1S/C12H17NO2/c1-3-12(14,9-4-5-9)10-6-11(15-2)8-13-7-10/h6-9,14H,3-5H2,1-2H3. The second-order valence-corrected chi connectivity index (χ2v) is 4.17. The number of hydrogen-bond acceptors (Lipinski definition) is 3. The van der Waals surface area contributed by atoms with Crippen molar-refractivity contribution < 1.29 is 9.84 Å². The van der Waals surface area contributed by atoms with Gasteiger partial charge in [0.25, 0.3) is 0 Å². The maximum Gasteiger partial charge on any atom is 0.137 e. The highest BCUT2D eigenvalue weighted by molar-refractivity contribution is 5.29. The molecule has 3 heteroatoms. The molecule has 0 aliphatic heterocycles. The zero-order valence-corrected chi connectivity index (χ0v) is 9.23. The average molecular weight is 207 g/mol. The maximum atomic E-state index is 10.6. The molecule has 1 aromatic rings. The van der Waals surface area contributed by atoms with Gasteiger partial charge in [0.2, 0.25) is 0 Å². The summed E-state index contributed by atoms with van der Waals surface area (Å²) < 4.78 is 5.12. The topological polar surface area (TPSA) is 42.4 Å².